The summed E-state index contributed by atoms with van der Waals surface area (Å²) >= 11 is 0. The summed E-state index contributed by atoms with van der Waals surface area (Å²) in [7, 11) is 0. The van der Waals surface area contributed by atoms with Gasteiger partial charge in [0.05, 0.1) is 0 Å². The molecule has 152 valence electrons. The van der Waals surface area contributed by atoms with Gasteiger partial charge in [-0.05, 0) is 47.2 Å². The first-order valence-corrected chi connectivity index (χ1v) is 9.08. The number of anilines is 1. The van der Waals surface area contributed by atoms with Crippen LogP contribution in [0, 0.1) is 6.92 Å². The Balaban J connectivity index is 2.06. The summed E-state index contributed by atoms with van der Waals surface area (Å²) in [4.78, 5) is 15.2. The first-order valence-electron chi connectivity index (χ1n) is 9.08. The number of amides is 1. The highest BCUT2D eigenvalue weighted by atomic mass is 19.4. The predicted molar refractivity (Wildman–Crippen MR) is 105 cm³/mol. The summed E-state index contributed by atoms with van der Waals surface area (Å²) in [5, 5.41) is 8.49. The van der Waals surface area contributed by atoms with Crippen molar-refractivity contribution in [2.24, 2.45) is 0 Å². The highest BCUT2D eigenvalue weighted by molar-refractivity contribution is 5.91. The number of halogens is 3. The van der Waals surface area contributed by atoms with Crippen LogP contribution in [0.25, 0.3) is 22.5 Å². The van der Waals surface area contributed by atoms with E-state index in [1.165, 1.54) is 6.92 Å². The van der Waals surface area contributed by atoms with Gasteiger partial charge in [0, 0.05) is 18.2 Å². The number of rotatable bonds is 4. The van der Waals surface area contributed by atoms with E-state index in [1.807, 2.05) is 50.1 Å². The average Bonchev–Trinajstić information content (AvgIpc) is 3.12. The molecule has 0 radical (unpaired) electrons. The minimum atomic E-state index is -4.58. The Labute approximate surface area is 166 Å². The number of carbonyl (C=O) groups excluding carboxylic acids is 1. The highest BCUT2D eigenvalue weighted by Gasteiger charge is 2.35. The van der Waals surface area contributed by atoms with Gasteiger partial charge in [-0.3, -0.25) is 9.89 Å². The zero-order chi connectivity index (χ0) is 21.3. The molecule has 0 aliphatic heterocycles. The lowest BCUT2D eigenvalue weighted by Crippen LogP contribution is -2.09. The summed E-state index contributed by atoms with van der Waals surface area (Å²) in [5.41, 5.74) is 4.78. The van der Waals surface area contributed by atoms with Crippen LogP contribution in [-0.2, 0) is 11.0 Å². The van der Waals surface area contributed by atoms with Crippen molar-refractivity contribution in [3.8, 4) is 22.5 Å². The average molecular weight is 402 g/mol. The molecular weight excluding hydrogens is 381 g/mol. The maximum Gasteiger partial charge on any atom is 0.451 e. The predicted octanol–water partition coefficient (Wildman–Crippen LogP) is 5.55. The molecule has 3 rings (SSSR count). The Morgan fingerprint density at radius 2 is 1.79 bits per heavy atom. The van der Waals surface area contributed by atoms with Crippen LogP contribution in [0.5, 0.6) is 0 Å². The summed E-state index contributed by atoms with van der Waals surface area (Å²) < 4.78 is 38.4. The molecule has 1 aromatic heterocycles. The van der Waals surface area contributed by atoms with Gasteiger partial charge in [0.1, 0.15) is 0 Å². The number of H-pyrrole nitrogens is 1. The van der Waals surface area contributed by atoms with Crippen molar-refractivity contribution in [2.45, 2.75) is 39.8 Å². The van der Waals surface area contributed by atoms with Gasteiger partial charge >= 0.3 is 6.18 Å². The molecule has 0 saturated heterocycles. The van der Waals surface area contributed by atoms with Crippen LogP contribution in [0.15, 0.2) is 36.4 Å². The van der Waals surface area contributed by atoms with Crippen molar-refractivity contribution in [3.05, 3.63) is 53.3 Å². The molecule has 0 aliphatic rings. The second-order valence-corrected chi connectivity index (χ2v) is 7.17. The molecule has 0 unspecified atom stereocenters. The van der Waals surface area contributed by atoms with Crippen LogP contribution >= 0.6 is 0 Å². The molecule has 8 heteroatoms. The molecule has 0 saturated carbocycles. The Morgan fingerprint density at radius 1 is 1.10 bits per heavy atom. The molecule has 1 amide bonds. The first-order chi connectivity index (χ1) is 13.6. The number of hydrogen-bond acceptors (Lipinski definition) is 3. The van der Waals surface area contributed by atoms with Crippen LogP contribution in [-0.4, -0.2) is 21.1 Å². The monoisotopic (exact) mass is 402 g/mol. The van der Waals surface area contributed by atoms with E-state index in [1.54, 1.807) is 12.1 Å². The third-order valence-electron chi connectivity index (χ3n) is 4.55. The maximum absolute atomic E-state index is 12.8. The van der Waals surface area contributed by atoms with Crippen LogP contribution < -0.4 is 5.32 Å². The normalized spacial score (nSPS) is 11.7. The number of aryl methyl sites for hydroxylation is 1. The fourth-order valence-electron chi connectivity index (χ4n) is 3.11. The molecule has 29 heavy (non-hydrogen) atoms. The molecule has 0 fully saturated rings. The molecule has 2 aromatic carbocycles. The number of nitrogens with one attached hydrogen (secondary N) is 2. The summed E-state index contributed by atoms with van der Waals surface area (Å²) in [6.45, 7) is 7.43. The van der Waals surface area contributed by atoms with E-state index in [2.05, 4.69) is 15.4 Å². The van der Waals surface area contributed by atoms with Crippen LogP contribution in [0.2, 0.25) is 0 Å². The molecule has 0 spiro atoms. The Bertz CT molecular complexity index is 1050. The molecular formula is C21H21F3N4O. The van der Waals surface area contributed by atoms with Crippen molar-refractivity contribution in [3.63, 3.8) is 0 Å². The molecule has 0 atom stereocenters. The minimum absolute atomic E-state index is 0.0283. The Morgan fingerprint density at radius 3 is 2.38 bits per heavy atom. The van der Waals surface area contributed by atoms with E-state index < -0.39 is 12.0 Å². The molecule has 1 heterocycles. The molecule has 2 N–H and O–H groups in total. The summed E-state index contributed by atoms with van der Waals surface area (Å²) in [5.74, 6) is -1.12. The Kier molecular flexibility index (Phi) is 5.46. The van der Waals surface area contributed by atoms with Gasteiger partial charge in [-0.1, -0.05) is 38.1 Å². The number of alkyl halides is 3. The van der Waals surface area contributed by atoms with Crippen LogP contribution in [0.3, 0.4) is 0 Å². The van der Waals surface area contributed by atoms with Gasteiger partial charge < -0.3 is 5.32 Å². The summed E-state index contributed by atoms with van der Waals surface area (Å²) in [6, 6.07) is 11.0. The number of hydrogen-bond donors (Lipinski definition) is 2. The number of benzene rings is 2. The van der Waals surface area contributed by atoms with Gasteiger partial charge in [0.2, 0.25) is 11.7 Å². The van der Waals surface area contributed by atoms with Crippen molar-refractivity contribution in [1.82, 2.24) is 15.2 Å². The third-order valence-corrected chi connectivity index (χ3v) is 4.55. The van der Waals surface area contributed by atoms with Crippen molar-refractivity contribution in [1.29, 1.82) is 0 Å². The molecule has 0 aliphatic carbocycles. The molecule has 3 aromatic rings. The lowest BCUT2D eigenvalue weighted by Gasteiger charge is -2.16. The fraction of sp³-hybridized carbons (Fsp3) is 0.286. The topological polar surface area (TPSA) is 70.7 Å². The van der Waals surface area contributed by atoms with E-state index in [4.69, 9.17) is 0 Å². The van der Waals surface area contributed by atoms with Gasteiger partial charge in [0.25, 0.3) is 0 Å². The van der Waals surface area contributed by atoms with Crippen molar-refractivity contribution in [2.75, 3.05) is 5.32 Å². The van der Waals surface area contributed by atoms with Crippen molar-refractivity contribution >= 4 is 11.6 Å². The van der Waals surface area contributed by atoms with Crippen LogP contribution in [0.1, 0.15) is 43.6 Å². The SMILES string of the molecule is CC(=O)Nc1cc(-c2cc(-c3n[nH]c(C(F)(F)F)n3)ccc2C)ccc1C(C)C. The standard InChI is InChI=1S/C21H21F3N4O/c1-11(2)16-8-7-14(10-18(16)25-13(4)29)17-9-15(6-5-12(17)3)19-26-20(28-27-19)21(22,23)24/h5-11H,1-4H3,(H,25,29)(H,26,27,28). The fourth-order valence-corrected chi connectivity index (χ4v) is 3.11. The van der Waals surface area contributed by atoms with E-state index in [0.717, 1.165) is 22.3 Å². The largest absolute Gasteiger partial charge is 0.451 e. The van der Waals surface area contributed by atoms with E-state index in [-0.39, 0.29) is 17.6 Å². The lowest BCUT2D eigenvalue weighted by molar-refractivity contribution is -0.144. The van der Waals surface area contributed by atoms with E-state index >= 15 is 0 Å². The molecule has 0 bridgehead atoms. The first kappa shape index (κ1) is 20.6. The minimum Gasteiger partial charge on any atom is -0.326 e. The number of aromatic amines is 1. The third kappa shape index (κ3) is 4.47. The van der Waals surface area contributed by atoms with Gasteiger partial charge in [-0.2, -0.15) is 18.3 Å². The number of nitrogens with zero attached hydrogens (tertiary/aromatic N) is 2. The number of carbonyl (C=O) groups is 1. The lowest BCUT2D eigenvalue weighted by atomic mass is 9.93. The smallest absolute Gasteiger partial charge is 0.326 e. The second kappa shape index (κ2) is 7.69. The zero-order valence-electron chi connectivity index (χ0n) is 16.5. The highest BCUT2D eigenvalue weighted by Crippen LogP contribution is 2.34. The van der Waals surface area contributed by atoms with Gasteiger partial charge in [0.15, 0.2) is 5.82 Å². The quantitative estimate of drug-likeness (QED) is 0.601. The van der Waals surface area contributed by atoms with Gasteiger partial charge in [-0.25, -0.2) is 4.98 Å². The number of aromatic nitrogens is 3. The molecule has 5 nitrogen and oxygen atoms in total. The zero-order valence-corrected chi connectivity index (χ0v) is 16.5. The van der Waals surface area contributed by atoms with Gasteiger partial charge in [-0.15, -0.1) is 0 Å². The summed E-state index contributed by atoms with van der Waals surface area (Å²) in [6.07, 6.45) is -4.58. The van der Waals surface area contributed by atoms with Crippen LogP contribution in [0.4, 0.5) is 18.9 Å². The second-order valence-electron chi connectivity index (χ2n) is 7.17. The van der Waals surface area contributed by atoms with E-state index in [9.17, 15) is 18.0 Å². The van der Waals surface area contributed by atoms with E-state index in [0.29, 0.717) is 11.3 Å². The Hall–Kier alpha value is -3.16. The van der Waals surface area contributed by atoms with Crippen molar-refractivity contribution < 1.29 is 18.0 Å². The maximum atomic E-state index is 12.8.